The van der Waals surface area contributed by atoms with E-state index in [2.05, 4.69) is 26.0 Å². The van der Waals surface area contributed by atoms with Gasteiger partial charge in [-0.1, -0.05) is 26.0 Å². The molecule has 0 heterocycles. The lowest BCUT2D eigenvalue weighted by atomic mass is 9.48. The minimum absolute atomic E-state index is 0.197. The molecule has 3 saturated carbocycles. The first-order chi connectivity index (χ1) is 11.4. The molecule has 24 heavy (non-hydrogen) atoms. The van der Waals surface area contributed by atoms with Gasteiger partial charge in [-0.2, -0.15) is 0 Å². The van der Waals surface area contributed by atoms with Gasteiger partial charge in [-0.25, -0.2) is 0 Å². The maximum absolute atomic E-state index is 12.2. The number of carbonyl (C=O) groups is 2. The standard InChI is InChI=1S/C22H28O2/c1-12(23)16-6-7-17-14-5-4-13-10-20(24)15-11-19(15)22(13,3)18(14)8-9-21(16,17)2/h4-5,10,14-19H,6-9,11H2,1-3H3/t14-,15?,16+,17-,18+,19?,21?,22+/m0/s1. The molecule has 2 nitrogen and oxygen atoms in total. The summed E-state index contributed by atoms with van der Waals surface area (Å²) in [5, 5.41) is 0. The van der Waals surface area contributed by atoms with Crippen LogP contribution in [0.15, 0.2) is 23.8 Å². The average Bonchev–Trinajstić information content (AvgIpc) is 3.26. The summed E-state index contributed by atoms with van der Waals surface area (Å²) in [5.41, 5.74) is 1.70. The van der Waals surface area contributed by atoms with Crippen molar-refractivity contribution in [2.75, 3.05) is 0 Å². The van der Waals surface area contributed by atoms with Crippen molar-refractivity contribution in [1.29, 1.82) is 0 Å². The lowest BCUT2D eigenvalue weighted by molar-refractivity contribution is -0.127. The molecule has 0 spiro atoms. The molecule has 5 aliphatic carbocycles. The van der Waals surface area contributed by atoms with Crippen molar-refractivity contribution in [3.63, 3.8) is 0 Å². The molecule has 0 aliphatic heterocycles. The largest absolute Gasteiger partial charge is 0.300 e. The van der Waals surface area contributed by atoms with Crippen molar-refractivity contribution in [1.82, 2.24) is 0 Å². The second kappa shape index (κ2) is 4.51. The lowest BCUT2D eigenvalue weighted by Gasteiger charge is -2.56. The second-order valence-electron chi connectivity index (χ2n) is 9.67. The van der Waals surface area contributed by atoms with E-state index in [4.69, 9.17) is 0 Å². The number of hydrogen-bond acceptors (Lipinski definition) is 2. The van der Waals surface area contributed by atoms with E-state index in [0.717, 1.165) is 12.8 Å². The number of hydrogen-bond donors (Lipinski definition) is 0. The van der Waals surface area contributed by atoms with E-state index >= 15 is 0 Å². The number of ketones is 2. The SMILES string of the molecule is CC(=O)[C@H]1CC[C@H]2[C@@H]3C=CC4=CC(=O)C5CC5[C@@]4(C)[C@@H]3CCC12C. The van der Waals surface area contributed by atoms with Crippen LogP contribution in [0.2, 0.25) is 0 Å². The van der Waals surface area contributed by atoms with Crippen LogP contribution in [0, 0.1) is 46.3 Å². The minimum Gasteiger partial charge on any atom is -0.300 e. The van der Waals surface area contributed by atoms with Crippen LogP contribution < -0.4 is 0 Å². The molecule has 2 heteroatoms. The molecule has 0 aromatic heterocycles. The zero-order valence-corrected chi connectivity index (χ0v) is 15.0. The first-order valence-corrected chi connectivity index (χ1v) is 9.82. The summed E-state index contributed by atoms with van der Waals surface area (Å²) >= 11 is 0. The topological polar surface area (TPSA) is 34.1 Å². The Morgan fingerprint density at radius 3 is 2.67 bits per heavy atom. The summed E-state index contributed by atoms with van der Waals surface area (Å²) < 4.78 is 0. The average molecular weight is 324 g/mol. The summed E-state index contributed by atoms with van der Waals surface area (Å²) in [6.07, 6.45) is 12.4. The first-order valence-electron chi connectivity index (χ1n) is 9.82. The summed E-state index contributed by atoms with van der Waals surface area (Å²) in [7, 11) is 0. The first kappa shape index (κ1) is 15.1. The number of Topliss-reactive ketones (excluding diaryl/α,β-unsaturated/α-hetero) is 1. The fourth-order valence-electron chi connectivity index (χ4n) is 7.56. The quantitative estimate of drug-likeness (QED) is 0.718. The van der Waals surface area contributed by atoms with Crippen LogP contribution >= 0.6 is 0 Å². The Hall–Kier alpha value is -1.18. The monoisotopic (exact) mass is 324 g/mol. The van der Waals surface area contributed by atoms with Gasteiger partial charge in [0.05, 0.1) is 0 Å². The van der Waals surface area contributed by atoms with Gasteiger partial charge in [0, 0.05) is 11.8 Å². The van der Waals surface area contributed by atoms with Crippen molar-refractivity contribution < 1.29 is 9.59 Å². The zero-order chi connectivity index (χ0) is 16.9. The predicted octanol–water partition coefficient (Wildman–Crippen LogP) is 4.36. The fourth-order valence-corrected chi connectivity index (χ4v) is 7.56. The van der Waals surface area contributed by atoms with Crippen molar-refractivity contribution in [3.05, 3.63) is 23.8 Å². The molecule has 0 N–H and O–H groups in total. The van der Waals surface area contributed by atoms with Gasteiger partial charge in [0.15, 0.2) is 5.78 Å². The van der Waals surface area contributed by atoms with E-state index in [-0.39, 0.29) is 16.7 Å². The van der Waals surface area contributed by atoms with Gasteiger partial charge in [-0.3, -0.25) is 9.59 Å². The summed E-state index contributed by atoms with van der Waals surface area (Å²) in [5.74, 6) is 3.84. The lowest BCUT2D eigenvalue weighted by Crippen LogP contribution is -2.50. The fraction of sp³-hybridized carbons (Fsp3) is 0.727. The number of allylic oxidation sites excluding steroid dienone is 4. The molecule has 5 rings (SSSR count). The number of fused-ring (bicyclic) bond motifs is 7. The third-order valence-corrected chi connectivity index (χ3v) is 8.94. The third kappa shape index (κ3) is 1.63. The molecule has 0 saturated heterocycles. The molecule has 128 valence electrons. The van der Waals surface area contributed by atoms with Crippen LogP contribution in [0.3, 0.4) is 0 Å². The molecular weight excluding hydrogens is 296 g/mol. The van der Waals surface area contributed by atoms with Crippen LogP contribution in [0.25, 0.3) is 0 Å². The van der Waals surface area contributed by atoms with Crippen molar-refractivity contribution in [3.8, 4) is 0 Å². The van der Waals surface area contributed by atoms with Gasteiger partial charge in [0.2, 0.25) is 0 Å². The van der Waals surface area contributed by atoms with Crippen LogP contribution in [0.5, 0.6) is 0 Å². The molecule has 0 bridgehead atoms. The van der Waals surface area contributed by atoms with Crippen molar-refractivity contribution >= 4 is 11.6 Å². The van der Waals surface area contributed by atoms with E-state index in [9.17, 15) is 9.59 Å². The zero-order valence-electron chi connectivity index (χ0n) is 15.0. The molecule has 0 aromatic carbocycles. The number of carbonyl (C=O) groups excluding carboxylic acids is 2. The molecule has 0 amide bonds. The van der Waals surface area contributed by atoms with Gasteiger partial charge < -0.3 is 0 Å². The highest BCUT2D eigenvalue weighted by Crippen LogP contribution is 2.70. The van der Waals surface area contributed by atoms with Crippen LogP contribution in [-0.4, -0.2) is 11.6 Å². The Morgan fingerprint density at radius 2 is 1.92 bits per heavy atom. The molecular formula is C22H28O2. The van der Waals surface area contributed by atoms with Crippen molar-refractivity contribution in [2.45, 2.75) is 52.9 Å². The maximum atomic E-state index is 12.2. The van der Waals surface area contributed by atoms with E-state index < -0.39 is 0 Å². The Labute approximate surface area is 144 Å². The van der Waals surface area contributed by atoms with Gasteiger partial charge in [0.1, 0.15) is 5.78 Å². The van der Waals surface area contributed by atoms with E-state index in [0.29, 0.717) is 41.2 Å². The van der Waals surface area contributed by atoms with E-state index in [1.54, 1.807) is 6.92 Å². The van der Waals surface area contributed by atoms with Crippen LogP contribution in [0.4, 0.5) is 0 Å². The summed E-state index contributed by atoms with van der Waals surface area (Å²) in [4.78, 5) is 24.4. The summed E-state index contributed by atoms with van der Waals surface area (Å²) in [6, 6.07) is 0. The Kier molecular flexibility index (Phi) is 2.84. The smallest absolute Gasteiger partial charge is 0.159 e. The Balaban J connectivity index is 1.56. The highest BCUT2D eigenvalue weighted by molar-refractivity contribution is 5.97. The molecule has 5 aliphatic rings. The van der Waals surface area contributed by atoms with Gasteiger partial charge in [-0.15, -0.1) is 0 Å². The van der Waals surface area contributed by atoms with Crippen LogP contribution in [-0.2, 0) is 9.59 Å². The van der Waals surface area contributed by atoms with Gasteiger partial charge in [-0.05, 0) is 85.2 Å². The van der Waals surface area contributed by atoms with Crippen LogP contribution in [0.1, 0.15) is 52.9 Å². The molecule has 0 radical (unpaired) electrons. The number of rotatable bonds is 1. The summed E-state index contributed by atoms with van der Waals surface area (Å²) in [6.45, 7) is 6.63. The molecule has 3 fully saturated rings. The van der Waals surface area contributed by atoms with Gasteiger partial charge >= 0.3 is 0 Å². The van der Waals surface area contributed by atoms with E-state index in [1.165, 1.54) is 24.8 Å². The maximum Gasteiger partial charge on any atom is 0.159 e. The Morgan fingerprint density at radius 1 is 1.12 bits per heavy atom. The predicted molar refractivity (Wildman–Crippen MR) is 93.2 cm³/mol. The molecule has 0 aromatic rings. The highest BCUT2D eigenvalue weighted by atomic mass is 16.1. The molecule has 8 atom stereocenters. The van der Waals surface area contributed by atoms with Gasteiger partial charge in [0.25, 0.3) is 0 Å². The minimum atomic E-state index is 0.197. The van der Waals surface area contributed by atoms with Crippen molar-refractivity contribution in [2.24, 2.45) is 46.3 Å². The molecule has 3 unspecified atom stereocenters. The van der Waals surface area contributed by atoms with E-state index in [1.807, 2.05) is 6.08 Å². The normalized spacial score (nSPS) is 54.3. The highest BCUT2D eigenvalue weighted by Gasteiger charge is 2.65. The second-order valence-corrected chi connectivity index (χ2v) is 9.67. The Bertz CT molecular complexity index is 701. The third-order valence-electron chi connectivity index (χ3n) is 8.94.